The van der Waals surface area contributed by atoms with Gasteiger partial charge >= 0.3 is 0 Å². The van der Waals surface area contributed by atoms with Gasteiger partial charge in [0, 0.05) is 21.2 Å². The third kappa shape index (κ3) is 3.92. The summed E-state index contributed by atoms with van der Waals surface area (Å²) in [6.07, 6.45) is 1.77. The van der Waals surface area contributed by atoms with Gasteiger partial charge in [-0.05, 0) is 18.4 Å². The molecule has 78 valence electrons. The summed E-state index contributed by atoms with van der Waals surface area (Å²) in [5, 5.41) is 0. The lowest BCUT2D eigenvalue weighted by Gasteiger charge is -2.03. The summed E-state index contributed by atoms with van der Waals surface area (Å²) in [6, 6.07) is 10.1. The van der Waals surface area contributed by atoms with E-state index in [1.54, 1.807) is 0 Å². The first kappa shape index (κ1) is 11.2. The van der Waals surface area contributed by atoms with Crippen molar-refractivity contribution in [1.29, 1.82) is 4.78 Å². The summed E-state index contributed by atoms with van der Waals surface area (Å²) in [7, 11) is -2.29. The first-order valence-corrected chi connectivity index (χ1v) is 6.82. The first-order chi connectivity index (χ1) is 6.64. The van der Waals surface area contributed by atoms with Crippen LogP contribution >= 0.6 is 0 Å². The highest BCUT2D eigenvalue weighted by molar-refractivity contribution is 7.92. The predicted octanol–water partition coefficient (Wildman–Crippen LogP) is 2.69. The zero-order valence-corrected chi connectivity index (χ0v) is 9.35. The average molecular weight is 211 g/mol. The molecule has 0 saturated heterocycles. The quantitative estimate of drug-likeness (QED) is 0.799. The molecule has 1 N–H and O–H groups in total. The van der Waals surface area contributed by atoms with Crippen LogP contribution in [0.15, 0.2) is 30.3 Å². The van der Waals surface area contributed by atoms with E-state index < -0.39 is 9.73 Å². The van der Waals surface area contributed by atoms with Gasteiger partial charge in [-0.3, -0.25) is 4.78 Å². The van der Waals surface area contributed by atoms with Crippen molar-refractivity contribution < 1.29 is 4.21 Å². The minimum Gasteiger partial charge on any atom is -0.253 e. The number of benzene rings is 1. The maximum atomic E-state index is 11.4. The molecule has 14 heavy (non-hydrogen) atoms. The fourth-order valence-electron chi connectivity index (χ4n) is 1.30. The Labute approximate surface area is 86.3 Å². The van der Waals surface area contributed by atoms with E-state index in [1.165, 1.54) is 5.56 Å². The third-order valence-electron chi connectivity index (χ3n) is 2.25. The van der Waals surface area contributed by atoms with E-state index in [-0.39, 0.29) is 0 Å². The predicted molar refractivity (Wildman–Crippen MR) is 61.0 cm³/mol. The summed E-state index contributed by atoms with van der Waals surface area (Å²) in [6.45, 7) is 1.82. The second kappa shape index (κ2) is 5.15. The molecule has 0 aromatic heterocycles. The van der Waals surface area contributed by atoms with Gasteiger partial charge in [-0.2, -0.15) is 0 Å². The Morgan fingerprint density at radius 2 is 1.93 bits per heavy atom. The highest BCUT2D eigenvalue weighted by Gasteiger charge is 2.02. The van der Waals surface area contributed by atoms with E-state index in [0.29, 0.717) is 11.5 Å². The minimum absolute atomic E-state index is 0.474. The van der Waals surface area contributed by atoms with E-state index >= 15 is 0 Å². The monoisotopic (exact) mass is 211 g/mol. The van der Waals surface area contributed by atoms with Crippen LogP contribution in [-0.2, 0) is 16.1 Å². The second-order valence-electron chi connectivity index (χ2n) is 3.39. The Bertz CT molecular complexity index is 356. The molecule has 1 aromatic rings. The highest BCUT2D eigenvalue weighted by atomic mass is 32.2. The Balaban J connectivity index is 2.37. The first-order valence-electron chi connectivity index (χ1n) is 4.92. The zero-order valence-electron chi connectivity index (χ0n) is 8.53. The number of rotatable bonds is 5. The van der Waals surface area contributed by atoms with E-state index in [1.807, 2.05) is 25.1 Å². The molecule has 0 heterocycles. The van der Waals surface area contributed by atoms with Crippen LogP contribution in [0.2, 0.25) is 0 Å². The van der Waals surface area contributed by atoms with Crippen molar-refractivity contribution in [2.75, 3.05) is 11.5 Å². The molecule has 0 fully saturated rings. The molecule has 0 saturated carbocycles. The average Bonchev–Trinajstić information content (AvgIpc) is 2.19. The van der Waals surface area contributed by atoms with Crippen LogP contribution < -0.4 is 0 Å². The Hall–Kier alpha value is -0.830. The Kier molecular flexibility index (Phi) is 4.14. The summed E-state index contributed by atoms with van der Waals surface area (Å²) < 4.78 is 18.9. The number of aryl methyl sites for hydroxylation is 1. The smallest absolute Gasteiger partial charge is 0.0438 e. The number of nitrogens with one attached hydrogen (secondary N) is 1. The van der Waals surface area contributed by atoms with Gasteiger partial charge in [0.25, 0.3) is 0 Å². The van der Waals surface area contributed by atoms with Crippen LogP contribution in [0, 0.1) is 4.78 Å². The van der Waals surface area contributed by atoms with Crippen LogP contribution in [0.1, 0.15) is 18.9 Å². The van der Waals surface area contributed by atoms with Crippen molar-refractivity contribution in [3.63, 3.8) is 0 Å². The molecule has 1 aromatic carbocycles. The molecular weight excluding hydrogens is 194 g/mol. The lowest BCUT2D eigenvalue weighted by atomic mass is 10.1. The summed E-state index contributed by atoms with van der Waals surface area (Å²) in [5.74, 6) is 1.00. The van der Waals surface area contributed by atoms with Crippen molar-refractivity contribution in [3.8, 4) is 0 Å². The molecule has 0 spiro atoms. The SMILES string of the molecule is CCS(=N)(=O)CCCc1ccccc1. The molecule has 0 amide bonds. The highest BCUT2D eigenvalue weighted by Crippen LogP contribution is 2.04. The number of hydrogen-bond acceptors (Lipinski definition) is 2. The Morgan fingerprint density at radius 1 is 1.29 bits per heavy atom. The van der Waals surface area contributed by atoms with Crippen LogP contribution in [0.5, 0.6) is 0 Å². The van der Waals surface area contributed by atoms with Crippen molar-refractivity contribution >= 4 is 9.73 Å². The van der Waals surface area contributed by atoms with Crippen LogP contribution in [0.4, 0.5) is 0 Å². The summed E-state index contributed by atoms with van der Waals surface area (Å²) in [5.41, 5.74) is 1.26. The molecule has 0 radical (unpaired) electrons. The fraction of sp³-hybridized carbons (Fsp3) is 0.455. The molecule has 0 aliphatic rings. The van der Waals surface area contributed by atoms with Gasteiger partial charge in [-0.15, -0.1) is 0 Å². The van der Waals surface area contributed by atoms with Crippen molar-refractivity contribution in [3.05, 3.63) is 35.9 Å². The molecule has 1 atom stereocenters. The fourth-order valence-corrected chi connectivity index (χ4v) is 2.20. The van der Waals surface area contributed by atoms with Gasteiger partial charge < -0.3 is 0 Å². The van der Waals surface area contributed by atoms with Crippen molar-refractivity contribution in [2.45, 2.75) is 19.8 Å². The topological polar surface area (TPSA) is 40.9 Å². The van der Waals surface area contributed by atoms with Crippen LogP contribution in [-0.4, -0.2) is 15.7 Å². The molecular formula is C11H17NOS. The Morgan fingerprint density at radius 3 is 2.50 bits per heavy atom. The van der Waals surface area contributed by atoms with Gasteiger partial charge in [0.15, 0.2) is 0 Å². The molecule has 1 rings (SSSR count). The van der Waals surface area contributed by atoms with E-state index in [9.17, 15) is 4.21 Å². The van der Waals surface area contributed by atoms with Crippen molar-refractivity contribution in [2.24, 2.45) is 0 Å². The van der Waals surface area contributed by atoms with Gasteiger partial charge in [0.2, 0.25) is 0 Å². The molecule has 0 aliphatic heterocycles. The maximum absolute atomic E-state index is 11.4. The van der Waals surface area contributed by atoms with Crippen LogP contribution in [0.3, 0.4) is 0 Å². The van der Waals surface area contributed by atoms with Gasteiger partial charge in [0.05, 0.1) is 0 Å². The van der Waals surface area contributed by atoms with Crippen molar-refractivity contribution in [1.82, 2.24) is 0 Å². The molecule has 3 heteroatoms. The number of hydrogen-bond donors (Lipinski definition) is 1. The van der Waals surface area contributed by atoms with E-state index in [0.717, 1.165) is 12.8 Å². The standard InChI is InChI=1S/C11H17NOS/c1-2-14(12,13)10-6-9-11-7-4-3-5-8-11/h3-5,7-8,12H,2,6,9-10H2,1H3. The molecule has 0 bridgehead atoms. The van der Waals surface area contributed by atoms with Gasteiger partial charge in [0.1, 0.15) is 0 Å². The van der Waals surface area contributed by atoms with E-state index in [4.69, 9.17) is 4.78 Å². The minimum atomic E-state index is -2.29. The third-order valence-corrected chi connectivity index (χ3v) is 4.13. The summed E-state index contributed by atoms with van der Waals surface area (Å²) in [4.78, 5) is 0. The lowest BCUT2D eigenvalue weighted by Crippen LogP contribution is -2.07. The normalized spacial score (nSPS) is 14.9. The molecule has 2 nitrogen and oxygen atoms in total. The zero-order chi connectivity index (χ0) is 10.4. The molecule has 1 unspecified atom stereocenters. The van der Waals surface area contributed by atoms with Gasteiger partial charge in [-0.25, -0.2) is 4.21 Å². The van der Waals surface area contributed by atoms with E-state index in [2.05, 4.69) is 12.1 Å². The maximum Gasteiger partial charge on any atom is 0.0438 e. The lowest BCUT2D eigenvalue weighted by molar-refractivity contribution is 0.672. The molecule has 0 aliphatic carbocycles. The largest absolute Gasteiger partial charge is 0.253 e. The summed E-state index contributed by atoms with van der Waals surface area (Å²) >= 11 is 0. The van der Waals surface area contributed by atoms with Crippen LogP contribution in [0.25, 0.3) is 0 Å². The van der Waals surface area contributed by atoms with Gasteiger partial charge in [-0.1, -0.05) is 37.3 Å². The second-order valence-corrected chi connectivity index (χ2v) is 6.00.